The molecular weight excluding hydrogens is 300 g/mol. The highest BCUT2D eigenvalue weighted by molar-refractivity contribution is 7.80. The zero-order chi connectivity index (χ0) is 16.7. The summed E-state index contributed by atoms with van der Waals surface area (Å²) in [6.07, 6.45) is 2.21. The molecule has 0 amide bonds. The number of aryl methyl sites for hydroxylation is 2. The molecule has 2 N–H and O–H groups in total. The Kier molecular flexibility index (Phi) is 6.60. The Morgan fingerprint density at radius 3 is 2.43 bits per heavy atom. The van der Waals surface area contributed by atoms with Crippen molar-refractivity contribution in [2.24, 2.45) is 5.92 Å². The fourth-order valence-electron chi connectivity index (χ4n) is 2.54. The summed E-state index contributed by atoms with van der Waals surface area (Å²) in [6.45, 7) is 7.35. The van der Waals surface area contributed by atoms with Crippen LogP contribution in [0.3, 0.4) is 0 Å². The third-order valence-electron chi connectivity index (χ3n) is 4.26. The van der Waals surface area contributed by atoms with Gasteiger partial charge in [-0.15, -0.1) is 0 Å². The first kappa shape index (κ1) is 17.5. The second kappa shape index (κ2) is 8.68. The van der Waals surface area contributed by atoms with Crippen molar-refractivity contribution in [2.45, 2.75) is 33.6 Å². The van der Waals surface area contributed by atoms with Crippen LogP contribution in [-0.2, 0) is 6.42 Å². The van der Waals surface area contributed by atoms with Gasteiger partial charge in [0.05, 0.1) is 0 Å². The van der Waals surface area contributed by atoms with Crippen LogP contribution in [0.5, 0.6) is 0 Å². The minimum atomic E-state index is 0.580. The maximum absolute atomic E-state index is 5.42. The van der Waals surface area contributed by atoms with Gasteiger partial charge in [-0.2, -0.15) is 0 Å². The van der Waals surface area contributed by atoms with E-state index in [1.807, 2.05) is 0 Å². The van der Waals surface area contributed by atoms with Gasteiger partial charge in [0.15, 0.2) is 5.11 Å². The Hall–Kier alpha value is -1.87. The zero-order valence-electron chi connectivity index (χ0n) is 14.2. The number of benzene rings is 2. The van der Waals surface area contributed by atoms with Crippen LogP contribution in [0.2, 0.25) is 0 Å². The van der Waals surface area contributed by atoms with E-state index in [2.05, 4.69) is 79.9 Å². The molecule has 0 aliphatic carbocycles. The average Bonchev–Trinajstić information content (AvgIpc) is 2.56. The SMILES string of the molecule is CC[C@@H](CNC(=S)Nc1ccc(C)c(C)c1)Cc1ccccc1. The lowest BCUT2D eigenvalue weighted by Crippen LogP contribution is -2.33. The minimum Gasteiger partial charge on any atom is -0.362 e. The van der Waals surface area contributed by atoms with Crippen molar-refractivity contribution in [1.29, 1.82) is 0 Å². The van der Waals surface area contributed by atoms with Crippen LogP contribution in [0, 0.1) is 19.8 Å². The van der Waals surface area contributed by atoms with Gasteiger partial charge in [-0.3, -0.25) is 0 Å². The van der Waals surface area contributed by atoms with Gasteiger partial charge in [0, 0.05) is 12.2 Å². The molecule has 2 aromatic carbocycles. The number of anilines is 1. The summed E-state index contributed by atoms with van der Waals surface area (Å²) in [5.74, 6) is 0.580. The van der Waals surface area contributed by atoms with E-state index < -0.39 is 0 Å². The van der Waals surface area contributed by atoms with Crippen LogP contribution in [0.25, 0.3) is 0 Å². The first-order valence-electron chi connectivity index (χ1n) is 8.24. The third kappa shape index (κ3) is 5.68. The lowest BCUT2D eigenvalue weighted by molar-refractivity contribution is 0.498. The van der Waals surface area contributed by atoms with E-state index in [0.717, 1.165) is 25.1 Å². The second-order valence-electron chi connectivity index (χ2n) is 6.10. The van der Waals surface area contributed by atoms with Crippen molar-refractivity contribution in [1.82, 2.24) is 5.32 Å². The maximum Gasteiger partial charge on any atom is 0.170 e. The lowest BCUT2D eigenvalue weighted by Gasteiger charge is -2.18. The summed E-state index contributed by atoms with van der Waals surface area (Å²) in [6, 6.07) is 16.9. The smallest absolute Gasteiger partial charge is 0.170 e. The summed E-state index contributed by atoms with van der Waals surface area (Å²) in [5.41, 5.74) is 4.99. The molecule has 0 saturated heterocycles. The summed E-state index contributed by atoms with van der Waals surface area (Å²) < 4.78 is 0. The standard InChI is InChI=1S/C20H26N2S/c1-4-17(13-18-8-6-5-7-9-18)14-21-20(23)22-19-11-10-15(2)16(3)12-19/h5-12,17H,4,13-14H2,1-3H3,(H2,21,22,23)/t17-/m1/s1. The molecule has 0 fully saturated rings. The van der Waals surface area contributed by atoms with Gasteiger partial charge in [0.25, 0.3) is 0 Å². The zero-order valence-corrected chi connectivity index (χ0v) is 15.0. The first-order chi connectivity index (χ1) is 11.1. The highest BCUT2D eigenvalue weighted by Crippen LogP contribution is 2.14. The van der Waals surface area contributed by atoms with Crippen molar-refractivity contribution in [3.63, 3.8) is 0 Å². The molecular formula is C20H26N2S. The Morgan fingerprint density at radius 1 is 1.04 bits per heavy atom. The molecule has 23 heavy (non-hydrogen) atoms. The quantitative estimate of drug-likeness (QED) is 0.741. The summed E-state index contributed by atoms with van der Waals surface area (Å²) in [4.78, 5) is 0. The van der Waals surface area contributed by atoms with E-state index in [0.29, 0.717) is 11.0 Å². The number of hydrogen-bond donors (Lipinski definition) is 2. The van der Waals surface area contributed by atoms with Crippen LogP contribution < -0.4 is 10.6 Å². The van der Waals surface area contributed by atoms with Crippen LogP contribution in [-0.4, -0.2) is 11.7 Å². The Morgan fingerprint density at radius 2 is 1.78 bits per heavy atom. The maximum atomic E-state index is 5.42. The van der Waals surface area contributed by atoms with Gasteiger partial charge >= 0.3 is 0 Å². The van der Waals surface area contributed by atoms with Crippen molar-refractivity contribution in [3.05, 3.63) is 65.2 Å². The summed E-state index contributed by atoms with van der Waals surface area (Å²) in [7, 11) is 0. The Bertz CT molecular complexity index is 637. The largest absolute Gasteiger partial charge is 0.362 e. The second-order valence-corrected chi connectivity index (χ2v) is 6.51. The van der Waals surface area contributed by atoms with E-state index >= 15 is 0 Å². The Balaban J connectivity index is 1.83. The van der Waals surface area contributed by atoms with Crippen molar-refractivity contribution >= 4 is 23.0 Å². The number of nitrogens with one attached hydrogen (secondary N) is 2. The van der Waals surface area contributed by atoms with Crippen LogP contribution in [0.15, 0.2) is 48.5 Å². The highest BCUT2D eigenvalue weighted by Gasteiger charge is 2.08. The third-order valence-corrected chi connectivity index (χ3v) is 4.51. The summed E-state index contributed by atoms with van der Waals surface area (Å²) in [5, 5.41) is 7.32. The average molecular weight is 327 g/mol. The van der Waals surface area contributed by atoms with Gasteiger partial charge < -0.3 is 10.6 Å². The van der Waals surface area contributed by atoms with Crippen molar-refractivity contribution in [3.8, 4) is 0 Å². The predicted octanol–water partition coefficient (Wildman–Crippen LogP) is 4.86. The van der Waals surface area contributed by atoms with Gasteiger partial charge in [0.1, 0.15) is 0 Å². The molecule has 0 aliphatic rings. The van der Waals surface area contributed by atoms with Crippen molar-refractivity contribution in [2.75, 3.05) is 11.9 Å². The van der Waals surface area contributed by atoms with Gasteiger partial charge in [-0.05, 0) is 67.2 Å². The summed E-state index contributed by atoms with van der Waals surface area (Å²) >= 11 is 5.42. The first-order valence-corrected chi connectivity index (χ1v) is 8.65. The fraction of sp³-hybridized carbons (Fsp3) is 0.350. The predicted molar refractivity (Wildman–Crippen MR) is 104 cm³/mol. The molecule has 0 aliphatic heterocycles. The molecule has 2 rings (SSSR count). The number of rotatable bonds is 6. The van der Waals surface area contributed by atoms with E-state index in [-0.39, 0.29) is 0 Å². The molecule has 0 aromatic heterocycles. The van der Waals surface area contributed by atoms with Crippen LogP contribution in [0.1, 0.15) is 30.0 Å². The van der Waals surface area contributed by atoms with E-state index in [4.69, 9.17) is 12.2 Å². The van der Waals surface area contributed by atoms with Gasteiger partial charge in [-0.25, -0.2) is 0 Å². The van der Waals surface area contributed by atoms with E-state index in [1.165, 1.54) is 16.7 Å². The topological polar surface area (TPSA) is 24.1 Å². The number of hydrogen-bond acceptors (Lipinski definition) is 1. The molecule has 3 heteroatoms. The number of thiocarbonyl (C=S) groups is 1. The van der Waals surface area contributed by atoms with Crippen LogP contribution in [0.4, 0.5) is 5.69 Å². The molecule has 2 aromatic rings. The lowest BCUT2D eigenvalue weighted by atomic mass is 9.97. The van der Waals surface area contributed by atoms with E-state index in [9.17, 15) is 0 Å². The minimum absolute atomic E-state index is 0.580. The molecule has 2 nitrogen and oxygen atoms in total. The monoisotopic (exact) mass is 326 g/mol. The normalized spacial score (nSPS) is 11.8. The molecule has 0 bridgehead atoms. The van der Waals surface area contributed by atoms with E-state index in [1.54, 1.807) is 0 Å². The van der Waals surface area contributed by atoms with Crippen LogP contribution >= 0.6 is 12.2 Å². The molecule has 1 atom stereocenters. The Labute approximate surface area is 145 Å². The van der Waals surface area contributed by atoms with Gasteiger partial charge in [0.2, 0.25) is 0 Å². The highest BCUT2D eigenvalue weighted by atomic mass is 32.1. The molecule has 122 valence electrons. The van der Waals surface area contributed by atoms with Crippen molar-refractivity contribution < 1.29 is 0 Å². The molecule has 0 radical (unpaired) electrons. The van der Waals surface area contributed by atoms with Gasteiger partial charge in [-0.1, -0.05) is 49.7 Å². The molecule has 0 saturated carbocycles. The molecule has 0 heterocycles. The molecule has 0 spiro atoms. The fourth-order valence-corrected chi connectivity index (χ4v) is 2.74. The molecule has 0 unspecified atom stereocenters.